The van der Waals surface area contributed by atoms with Crippen molar-refractivity contribution in [3.05, 3.63) is 18.2 Å². The SMILES string of the molecule is CN(C)C1(CNS(=O)(=O)c2ccc3c(c2)OCCO3)CCCC1. The molecule has 1 N–H and O–H groups in total. The smallest absolute Gasteiger partial charge is 0.240 e. The summed E-state index contributed by atoms with van der Waals surface area (Å²) in [5, 5.41) is 0. The van der Waals surface area contributed by atoms with E-state index < -0.39 is 10.0 Å². The normalized spacial score (nSPS) is 20.0. The second-order valence-corrected chi connectivity index (χ2v) is 8.22. The van der Waals surface area contributed by atoms with Crippen molar-refractivity contribution in [1.29, 1.82) is 0 Å². The van der Waals surface area contributed by atoms with Gasteiger partial charge in [0.05, 0.1) is 4.90 Å². The van der Waals surface area contributed by atoms with Crippen LogP contribution in [0.15, 0.2) is 23.1 Å². The first kappa shape index (κ1) is 16.5. The third-order valence-corrected chi connectivity index (χ3v) is 6.30. The zero-order valence-corrected chi connectivity index (χ0v) is 14.5. The van der Waals surface area contributed by atoms with Crippen molar-refractivity contribution in [3.8, 4) is 11.5 Å². The standard InChI is InChI=1S/C16H24N2O4S/c1-18(2)16(7-3-4-8-16)12-17-23(19,20)13-5-6-14-15(11-13)22-10-9-21-14/h5-6,11,17H,3-4,7-10,12H2,1-2H3. The van der Waals surface area contributed by atoms with Crippen LogP contribution in [0.2, 0.25) is 0 Å². The van der Waals surface area contributed by atoms with Gasteiger partial charge in [-0.2, -0.15) is 0 Å². The van der Waals surface area contributed by atoms with Crippen LogP contribution < -0.4 is 14.2 Å². The summed E-state index contributed by atoms with van der Waals surface area (Å²) < 4.78 is 38.9. The Morgan fingerprint density at radius 1 is 1.13 bits per heavy atom. The fourth-order valence-corrected chi connectivity index (χ4v) is 4.45. The highest BCUT2D eigenvalue weighted by molar-refractivity contribution is 7.89. The Balaban J connectivity index is 1.76. The molecule has 0 aromatic heterocycles. The Kier molecular flexibility index (Phi) is 4.53. The van der Waals surface area contributed by atoms with Gasteiger partial charge in [0.25, 0.3) is 0 Å². The van der Waals surface area contributed by atoms with E-state index in [1.54, 1.807) is 12.1 Å². The zero-order chi connectivity index (χ0) is 16.5. The van der Waals surface area contributed by atoms with E-state index in [0.29, 0.717) is 31.3 Å². The lowest BCUT2D eigenvalue weighted by molar-refractivity contribution is 0.161. The number of nitrogens with one attached hydrogen (secondary N) is 1. The first-order valence-electron chi connectivity index (χ1n) is 8.00. The molecule has 0 spiro atoms. The number of fused-ring (bicyclic) bond motifs is 1. The summed E-state index contributed by atoms with van der Waals surface area (Å²) in [6.07, 6.45) is 4.32. The van der Waals surface area contributed by atoms with Crippen molar-refractivity contribution >= 4 is 10.0 Å². The van der Waals surface area contributed by atoms with E-state index in [2.05, 4.69) is 9.62 Å². The van der Waals surface area contributed by atoms with Crippen molar-refractivity contribution in [3.63, 3.8) is 0 Å². The van der Waals surface area contributed by atoms with Gasteiger partial charge in [0.1, 0.15) is 13.2 Å². The van der Waals surface area contributed by atoms with Gasteiger partial charge in [-0.3, -0.25) is 0 Å². The summed E-state index contributed by atoms with van der Waals surface area (Å²) in [6, 6.07) is 4.75. The molecule has 0 atom stereocenters. The molecule has 6 nitrogen and oxygen atoms in total. The van der Waals surface area contributed by atoms with E-state index in [4.69, 9.17) is 9.47 Å². The van der Waals surface area contributed by atoms with Gasteiger partial charge in [0.15, 0.2) is 11.5 Å². The summed E-state index contributed by atoms with van der Waals surface area (Å²) in [4.78, 5) is 2.36. The summed E-state index contributed by atoms with van der Waals surface area (Å²) in [6.45, 7) is 1.35. The van der Waals surface area contributed by atoms with Crippen LogP contribution in [0.25, 0.3) is 0 Å². The number of benzene rings is 1. The Morgan fingerprint density at radius 2 is 1.78 bits per heavy atom. The highest BCUT2D eigenvalue weighted by Crippen LogP contribution is 2.34. The summed E-state index contributed by atoms with van der Waals surface area (Å²) in [5.41, 5.74) is -0.0825. The van der Waals surface area contributed by atoms with Gasteiger partial charge in [0, 0.05) is 18.2 Å². The Labute approximate surface area is 137 Å². The van der Waals surface area contributed by atoms with Crippen LogP contribution in [0, 0.1) is 0 Å². The zero-order valence-electron chi connectivity index (χ0n) is 13.7. The van der Waals surface area contributed by atoms with Gasteiger partial charge in [-0.15, -0.1) is 0 Å². The molecule has 1 aromatic rings. The van der Waals surface area contributed by atoms with E-state index in [0.717, 1.165) is 25.7 Å². The van der Waals surface area contributed by atoms with Crippen LogP contribution in [0.4, 0.5) is 0 Å². The number of likely N-dealkylation sites (N-methyl/N-ethyl adjacent to an activating group) is 1. The number of hydrogen-bond acceptors (Lipinski definition) is 5. The molecule has 0 radical (unpaired) electrons. The van der Waals surface area contributed by atoms with Crippen molar-refractivity contribution in [1.82, 2.24) is 9.62 Å². The van der Waals surface area contributed by atoms with Gasteiger partial charge < -0.3 is 14.4 Å². The Morgan fingerprint density at radius 3 is 2.43 bits per heavy atom. The second kappa shape index (κ2) is 6.30. The molecule has 0 amide bonds. The molecule has 0 unspecified atom stereocenters. The van der Waals surface area contributed by atoms with Gasteiger partial charge in [0.2, 0.25) is 10.0 Å². The Hall–Kier alpha value is -1.31. The van der Waals surface area contributed by atoms with Crippen LogP contribution in [-0.2, 0) is 10.0 Å². The van der Waals surface area contributed by atoms with Crippen LogP contribution in [-0.4, -0.2) is 52.7 Å². The minimum atomic E-state index is -3.57. The third-order valence-electron chi connectivity index (χ3n) is 4.90. The molecule has 1 saturated carbocycles. The van der Waals surface area contributed by atoms with Gasteiger partial charge >= 0.3 is 0 Å². The fourth-order valence-electron chi connectivity index (χ4n) is 3.32. The van der Waals surface area contributed by atoms with E-state index >= 15 is 0 Å². The lowest BCUT2D eigenvalue weighted by atomic mass is 9.97. The molecule has 0 saturated heterocycles. The van der Waals surface area contributed by atoms with Gasteiger partial charge in [-0.05, 0) is 39.1 Å². The summed E-state index contributed by atoms with van der Waals surface area (Å²) in [5.74, 6) is 1.08. The molecule has 1 heterocycles. The van der Waals surface area contributed by atoms with Crippen molar-refractivity contribution in [2.75, 3.05) is 33.9 Å². The largest absolute Gasteiger partial charge is 0.486 e. The third kappa shape index (κ3) is 3.32. The molecule has 1 aromatic carbocycles. The maximum absolute atomic E-state index is 12.6. The monoisotopic (exact) mass is 340 g/mol. The lowest BCUT2D eigenvalue weighted by Gasteiger charge is -2.36. The predicted molar refractivity (Wildman–Crippen MR) is 87.5 cm³/mol. The van der Waals surface area contributed by atoms with Crippen molar-refractivity contribution in [2.24, 2.45) is 0 Å². The number of nitrogens with zero attached hydrogens (tertiary/aromatic N) is 1. The quantitative estimate of drug-likeness (QED) is 0.882. The molecule has 3 rings (SSSR count). The summed E-state index contributed by atoms with van der Waals surface area (Å²) >= 11 is 0. The maximum atomic E-state index is 12.6. The van der Waals surface area contributed by atoms with Gasteiger partial charge in [-0.25, -0.2) is 13.1 Å². The summed E-state index contributed by atoms with van der Waals surface area (Å²) in [7, 11) is 0.470. The average molecular weight is 340 g/mol. The topological polar surface area (TPSA) is 67.9 Å². The van der Waals surface area contributed by atoms with Crippen LogP contribution in [0.5, 0.6) is 11.5 Å². The number of sulfonamides is 1. The maximum Gasteiger partial charge on any atom is 0.240 e. The molecule has 128 valence electrons. The van der Waals surface area contributed by atoms with E-state index in [1.165, 1.54) is 6.07 Å². The van der Waals surface area contributed by atoms with Crippen molar-refractivity contribution < 1.29 is 17.9 Å². The van der Waals surface area contributed by atoms with Crippen molar-refractivity contribution in [2.45, 2.75) is 36.1 Å². The molecular weight excluding hydrogens is 316 g/mol. The van der Waals surface area contributed by atoms with E-state index in [-0.39, 0.29) is 10.4 Å². The molecule has 0 bridgehead atoms. The number of ether oxygens (including phenoxy) is 2. The molecule has 1 aliphatic carbocycles. The van der Waals surface area contributed by atoms with Gasteiger partial charge in [-0.1, -0.05) is 12.8 Å². The van der Waals surface area contributed by atoms with E-state index in [1.807, 2.05) is 14.1 Å². The highest BCUT2D eigenvalue weighted by atomic mass is 32.2. The number of hydrogen-bond donors (Lipinski definition) is 1. The molecule has 2 aliphatic rings. The first-order chi connectivity index (χ1) is 10.9. The second-order valence-electron chi connectivity index (χ2n) is 6.46. The highest BCUT2D eigenvalue weighted by Gasteiger charge is 2.37. The first-order valence-corrected chi connectivity index (χ1v) is 9.48. The molecule has 23 heavy (non-hydrogen) atoms. The molecular formula is C16H24N2O4S. The minimum Gasteiger partial charge on any atom is -0.486 e. The average Bonchev–Trinajstić information content (AvgIpc) is 3.03. The Bertz CT molecular complexity index is 667. The number of rotatable bonds is 5. The van der Waals surface area contributed by atoms with Crippen LogP contribution >= 0.6 is 0 Å². The van der Waals surface area contributed by atoms with Crippen LogP contribution in [0.3, 0.4) is 0 Å². The van der Waals surface area contributed by atoms with Crippen LogP contribution in [0.1, 0.15) is 25.7 Å². The predicted octanol–water partition coefficient (Wildman–Crippen LogP) is 1.61. The lowest BCUT2D eigenvalue weighted by Crippen LogP contribution is -2.50. The molecule has 1 fully saturated rings. The van der Waals surface area contributed by atoms with E-state index in [9.17, 15) is 8.42 Å². The molecule has 1 aliphatic heterocycles. The fraction of sp³-hybridized carbons (Fsp3) is 0.625. The molecule has 7 heteroatoms. The minimum absolute atomic E-state index is 0.0825.